The van der Waals surface area contributed by atoms with Gasteiger partial charge in [-0.2, -0.15) is 0 Å². The van der Waals surface area contributed by atoms with Crippen molar-refractivity contribution in [1.82, 2.24) is 9.88 Å². The van der Waals surface area contributed by atoms with E-state index in [2.05, 4.69) is 11.9 Å². The number of nitrogens with one attached hydrogen (secondary N) is 1. The average molecular weight is 399 g/mol. The Morgan fingerprint density at radius 1 is 1.28 bits per heavy atom. The Morgan fingerprint density at radius 2 is 2.10 bits per heavy atom. The van der Waals surface area contributed by atoms with E-state index in [1.165, 1.54) is 20.0 Å². The summed E-state index contributed by atoms with van der Waals surface area (Å²) < 4.78 is 11.0. The minimum absolute atomic E-state index is 0.0485. The number of esters is 1. The van der Waals surface area contributed by atoms with Crippen molar-refractivity contribution in [2.75, 3.05) is 13.7 Å². The van der Waals surface area contributed by atoms with E-state index in [0.29, 0.717) is 24.6 Å². The first-order chi connectivity index (χ1) is 14.0. The van der Waals surface area contributed by atoms with Crippen LogP contribution in [0.5, 0.6) is 0 Å². The zero-order chi connectivity index (χ0) is 20.5. The summed E-state index contributed by atoms with van der Waals surface area (Å²) in [6, 6.07) is 5.52. The molecule has 29 heavy (non-hydrogen) atoms. The van der Waals surface area contributed by atoms with Gasteiger partial charge in [-0.05, 0) is 43.9 Å². The van der Waals surface area contributed by atoms with Crippen LogP contribution in [0.2, 0.25) is 0 Å². The number of benzene rings is 1. The first-order valence-corrected chi connectivity index (χ1v) is 10.6. The molecule has 0 spiro atoms. The monoisotopic (exact) mass is 398 g/mol. The molecule has 6 nitrogen and oxygen atoms in total. The number of rotatable bonds is 4. The lowest BCUT2D eigenvalue weighted by Gasteiger charge is -2.33. The summed E-state index contributed by atoms with van der Waals surface area (Å²) in [5, 5.41) is 0.982. The lowest BCUT2D eigenvalue weighted by Crippen LogP contribution is -2.43. The number of nitrogens with zero attached hydrogens (tertiary/aromatic N) is 1. The summed E-state index contributed by atoms with van der Waals surface area (Å²) in [6.45, 7) is 5.35. The van der Waals surface area contributed by atoms with Gasteiger partial charge in [0.05, 0.1) is 18.8 Å². The van der Waals surface area contributed by atoms with Crippen molar-refractivity contribution in [2.45, 2.75) is 64.7 Å². The molecule has 0 radical (unpaired) electrons. The number of carbonyl (C=O) groups is 2. The third-order valence-corrected chi connectivity index (χ3v) is 6.34. The van der Waals surface area contributed by atoms with Crippen molar-refractivity contribution in [3.8, 4) is 0 Å². The van der Waals surface area contributed by atoms with Crippen molar-refractivity contribution in [1.29, 1.82) is 0 Å². The maximum atomic E-state index is 13.1. The molecule has 1 aromatic carbocycles. The Labute approximate surface area is 171 Å². The van der Waals surface area contributed by atoms with Gasteiger partial charge >= 0.3 is 5.97 Å². The van der Waals surface area contributed by atoms with E-state index >= 15 is 0 Å². The van der Waals surface area contributed by atoms with Gasteiger partial charge in [0.25, 0.3) is 5.91 Å². The lowest BCUT2D eigenvalue weighted by atomic mass is 9.88. The second kappa shape index (κ2) is 8.19. The number of aromatic nitrogens is 1. The highest BCUT2D eigenvalue weighted by Crippen LogP contribution is 2.30. The predicted molar refractivity (Wildman–Crippen MR) is 111 cm³/mol. The van der Waals surface area contributed by atoms with Gasteiger partial charge in [0.15, 0.2) is 0 Å². The Kier molecular flexibility index (Phi) is 5.63. The van der Waals surface area contributed by atoms with E-state index in [9.17, 15) is 9.59 Å². The molecule has 1 amide bonds. The van der Waals surface area contributed by atoms with Gasteiger partial charge in [0, 0.05) is 41.7 Å². The summed E-state index contributed by atoms with van der Waals surface area (Å²) >= 11 is 0. The fourth-order valence-corrected chi connectivity index (χ4v) is 4.75. The van der Waals surface area contributed by atoms with Crippen LogP contribution in [-0.2, 0) is 27.2 Å². The zero-order valence-corrected chi connectivity index (χ0v) is 17.5. The Hall–Kier alpha value is -2.34. The summed E-state index contributed by atoms with van der Waals surface area (Å²) in [4.78, 5) is 30.3. The summed E-state index contributed by atoms with van der Waals surface area (Å²) in [7, 11) is 1.38. The van der Waals surface area contributed by atoms with Crippen LogP contribution in [0.3, 0.4) is 0 Å². The number of methoxy groups -OCH3 is 1. The molecular weight excluding hydrogens is 368 g/mol. The quantitative estimate of drug-likeness (QED) is 0.795. The average Bonchev–Trinajstić information content (AvgIpc) is 3.09. The second-order valence-electron chi connectivity index (χ2n) is 8.52. The highest BCUT2D eigenvalue weighted by Gasteiger charge is 2.30. The number of hydrogen-bond donors (Lipinski definition) is 1. The number of aromatic amines is 1. The molecule has 1 aliphatic carbocycles. The van der Waals surface area contributed by atoms with Crippen LogP contribution < -0.4 is 0 Å². The Bertz CT molecular complexity index is 919. The molecule has 1 fully saturated rings. The zero-order valence-electron chi connectivity index (χ0n) is 17.5. The largest absolute Gasteiger partial charge is 0.465 e. The topological polar surface area (TPSA) is 71.6 Å². The lowest BCUT2D eigenvalue weighted by molar-refractivity contribution is -0.148. The highest BCUT2D eigenvalue weighted by molar-refractivity contribution is 5.96. The van der Waals surface area contributed by atoms with E-state index in [1.807, 2.05) is 24.0 Å². The smallest absolute Gasteiger partial charge is 0.337 e. The molecule has 2 aromatic rings. The number of hydrogen-bond acceptors (Lipinski definition) is 4. The SMILES string of the molecule is COC(=O)c1ccc2[nH]c3c(c2c1)CN(C(=O)C(C)OC1CCCC(C)C1)CC3. The van der Waals surface area contributed by atoms with Crippen LogP contribution in [0.15, 0.2) is 18.2 Å². The van der Waals surface area contributed by atoms with Gasteiger partial charge in [-0.1, -0.05) is 19.8 Å². The molecule has 2 heterocycles. The Morgan fingerprint density at radius 3 is 2.86 bits per heavy atom. The first kappa shape index (κ1) is 20.0. The molecule has 3 atom stereocenters. The number of carbonyl (C=O) groups excluding carboxylic acids is 2. The minimum Gasteiger partial charge on any atom is -0.465 e. The van der Waals surface area contributed by atoms with Crippen molar-refractivity contribution in [2.24, 2.45) is 5.92 Å². The van der Waals surface area contributed by atoms with Gasteiger partial charge in [-0.25, -0.2) is 4.79 Å². The molecule has 1 aliphatic heterocycles. The number of H-pyrrole nitrogens is 1. The van der Waals surface area contributed by atoms with Crippen molar-refractivity contribution in [3.05, 3.63) is 35.0 Å². The van der Waals surface area contributed by atoms with E-state index in [0.717, 1.165) is 41.4 Å². The molecular formula is C23H30N2O4. The highest BCUT2D eigenvalue weighted by atomic mass is 16.5. The van der Waals surface area contributed by atoms with Crippen LogP contribution >= 0.6 is 0 Å². The summed E-state index contributed by atoms with van der Waals surface area (Å²) in [6.07, 6.45) is 5.06. The minimum atomic E-state index is -0.428. The molecule has 0 saturated heterocycles. The van der Waals surface area contributed by atoms with E-state index in [-0.39, 0.29) is 18.0 Å². The molecule has 1 N–H and O–H groups in total. The molecule has 1 saturated carbocycles. The van der Waals surface area contributed by atoms with Crippen LogP contribution in [0.25, 0.3) is 10.9 Å². The molecule has 6 heteroatoms. The van der Waals surface area contributed by atoms with Crippen LogP contribution in [0.4, 0.5) is 0 Å². The summed E-state index contributed by atoms with van der Waals surface area (Å²) in [5.74, 6) is 0.366. The standard InChI is InChI=1S/C23H30N2O4/c1-14-5-4-6-17(11-14)29-15(2)22(26)25-10-9-21-19(13-25)18-12-16(23(27)28-3)7-8-20(18)24-21/h7-8,12,14-15,17,24H,4-6,9-11,13H2,1-3H3. The van der Waals surface area contributed by atoms with Crippen LogP contribution in [0.1, 0.15) is 61.1 Å². The molecule has 1 aromatic heterocycles. The Balaban J connectivity index is 1.49. The van der Waals surface area contributed by atoms with Gasteiger partial charge in [0.2, 0.25) is 0 Å². The fourth-order valence-electron chi connectivity index (χ4n) is 4.75. The first-order valence-electron chi connectivity index (χ1n) is 10.6. The number of ether oxygens (including phenoxy) is 2. The number of fused-ring (bicyclic) bond motifs is 3. The van der Waals surface area contributed by atoms with Crippen molar-refractivity contribution in [3.63, 3.8) is 0 Å². The normalized spacial score (nSPS) is 22.9. The number of amides is 1. The van der Waals surface area contributed by atoms with Gasteiger partial charge in [0.1, 0.15) is 6.10 Å². The van der Waals surface area contributed by atoms with Gasteiger partial charge in [-0.15, -0.1) is 0 Å². The van der Waals surface area contributed by atoms with Crippen LogP contribution in [0, 0.1) is 5.92 Å². The van der Waals surface area contributed by atoms with Gasteiger partial charge < -0.3 is 19.4 Å². The second-order valence-corrected chi connectivity index (χ2v) is 8.52. The van der Waals surface area contributed by atoms with Crippen molar-refractivity contribution < 1.29 is 19.1 Å². The third-order valence-electron chi connectivity index (χ3n) is 6.34. The third kappa shape index (κ3) is 4.04. The maximum Gasteiger partial charge on any atom is 0.337 e. The molecule has 4 rings (SSSR count). The van der Waals surface area contributed by atoms with E-state index < -0.39 is 6.10 Å². The molecule has 0 bridgehead atoms. The molecule has 2 aliphatic rings. The summed E-state index contributed by atoms with van der Waals surface area (Å²) in [5.41, 5.74) is 3.73. The predicted octanol–water partition coefficient (Wildman–Crippen LogP) is 3.82. The van der Waals surface area contributed by atoms with Crippen LogP contribution in [-0.4, -0.2) is 47.6 Å². The van der Waals surface area contributed by atoms with E-state index in [1.54, 1.807) is 6.07 Å². The molecule has 3 unspecified atom stereocenters. The molecule has 156 valence electrons. The maximum absolute atomic E-state index is 13.1. The fraction of sp³-hybridized carbons (Fsp3) is 0.565. The van der Waals surface area contributed by atoms with Gasteiger partial charge in [-0.3, -0.25) is 4.79 Å². The van der Waals surface area contributed by atoms with Crippen molar-refractivity contribution >= 4 is 22.8 Å². The van der Waals surface area contributed by atoms with E-state index in [4.69, 9.17) is 9.47 Å².